The molecule has 0 heterocycles. The summed E-state index contributed by atoms with van der Waals surface area (Å²) in [5.74, 6) is 0.504. The van der Waals surface area contributed by atoms with Gasteiger partial charge in [-0.1, -0.05) is 72.3 Å². The summed E-state index contributed by atoms with van der Waals surface area (Å²) in [6, 6.07) is 23.2. The Kier molecular flexibility index (Phi) is 9.75. The lowest BCUT2D eigenvalue weighted by Gasteiger charge is -2.31. The van der Waals surface area contributed by atoms with Crippen molar-refractivity contribution in [1.82, 2.24) is 10.2 Å². The van der Waals surface area contributed by atoms with E-state index in [1.165, 1.54) is 0 Å². The van der Waals surface area contributed by atoms with Crippen LogP contribution in [-0.2, 0) is 22.6 Å². The number of halogens is 1. The van der Waals surface area contributed by atoms with Crippen LogP contribution >= 0.6 is 11.6 Å². The molecular formula is C28H29ClN2O4. The molecule has 0 bridgehead atoms. The lowest BCUT2D eigenvalue weighted by atomic mass is 10.0. The van der Waals surface area contributed by atoms with E-state index in [2.05, 4.69) is 11.9 Å². The second-order valence-electron chi connectivity index (χ2n) is 7.83. The third kappa shape index (κ3) is 7.62. The predicted octanol–water partition coefficient (Wildman–Crippen LogP) is 4.67. The van der Waals surface area contributed by atoms with Gasteiger partial charge >= 0.3 is 0 Å². The number of carbonyl (C=O) groups excluding carboxylic acids is 2. The zero-order valence-electron chi connectivity index (χ0n) is 19.7. The van der Waals surface area contributed by atoms with Crippen LogP contribution in [0.5, 0.6) is 11.5 Å². The molecule has 1 N–H and O–H groups in total. The third-order valence-corrected chi connectivity index (χ3v) is 5.70. The molecule has 0 fully saturated rings. The highest BCUT2D eigenvalue weighted by Crippen LogP contribution is 2.24. The van der Waals surface area contributed by atoms with Crippen LogP contribution in [0.25, 0.3) is 0 Å². The summed E-state index contributed by atoms with van der Waals surface area (Å²) in [5, 5.41) is 3.25. The molecule has 3 rings (SSSR count). The number of hydrogen-bond donors (Lipinski definition) is 1. The van der Waals surface area contributed by atoms with Crippen molar-refractivity contribution in [2.45, 2.75) is 19.0 Å². The van der Waals surface area contributed by atoms with Gasteiger partial charge in [0.15, 0.2) is 6.61 Å². The molecule has 0 saturated heterocycles. The highest BCUT2D eigenvalue weighted by Gasteiger charge is 2.30. The monoisotopic (exact) mass is 492 g/mol. The maximum atomic E-state index is 13.5. The van der Waals surface area contributed by atoms with Crippen molar-refractivity contribution < 1.29 is 19.1 Å². The second-order valence-corrected chi connectivity index (χ2v) is 8.24. The highest BCUT2D eigenvalue weighted by atomic mass is 35.5. The first kappa shape index (κ1) is 25.8. The summed E-state index contributed by atoms with van der Waals surface area (Å²) in [4.78, 5) is 28.3. The Morgan fingerprint density at radius 3 is 2.34 bits per heavy atom. The minimum absolute atomic E-state index is 0.216. The normalized spacial score (nSPS) is 11.3. The minimum atomic E-state index is -0.762. The first-order valence-electron chi connectivity index (χ1n) is 11.2. The number of methoxy groups -OCH3 is 1. The fourth-order valence-corrected chi connectivity index (χ4v) is 3.75. The number of rotatable bonds is 12. The molecule has 6 nitrogen and oxygen atoms in total. The summed E-state index contributed by atoms with van der Waals surface area (Å²) in [6.07, 6.45) is 1.95. The molecule has 1 atom stereocenters. The fraction of sp³-hybridized carbons (Fsp3) is 0.214. The summed E-state index contributed by atoms with van der Waals surface area (Å²) >= 11 is 6.19. The molecular weight excluding hydrogens is 464 g/mol. The molecule has 182 valence electrons. The van der Waals surface area contributed by atoms with E-state index in [4.69, 9.17) is 21.1 Å². The smallest absolute Gasteiger partial charge is 0.261 e. The zero-order chi connectivity index (χ0) is 25.0. The minimum Gasteiger partial charge on any atom is -0.497 e. The van der Waals surface area contributed by atoms with Gasteiger partial charge in [0, 0.05) is 19.5 Å². The Morgan fingerprint density at radius 2 is 1.69 bits per heavy atom. The Balaban J connectivity index is 1.90. The van der Waals surface area contributed by atoms with Crippen molar-refractivity contribution in [2.24, 2.45) is 0 Å². The van der Waals surface area contributed by atoms with Crippen LogP contribution in [0.1, 0.15) is 11.1 Å². The van der Waals surface area contributed by atoms with Crippen molar-refractivity contribution in [1.29, 1.82) is 0 Å². The average molecular weight is 493 g/mol. The highest BCUT2D eigenvalue weighted by molar-refractivity contribution is 6.32. The molecule has 0 aliphatic rings. The number of para-hydroxylation sites is 1. The SMILES string of the molecule is C=CCNC(=O)[C@@H](Cc1ccccc1)N(Cc1ccc(OC)cc1)C(=O)COc1ccccc1Cl. The average Bonchev–Trinajstić information content (AvgIpc) is 2.89. The van der Waals surface area contributed by atoms with Gasteiger partial charge in [-0.3, -0.25) is 9.59 Å². The maximum Gasteiger partial charge on any atom is 0.261 e. The molecule has 0 aliphatic heterocycles. The summed E-state index contributed by atoms with van der Waals surface area (Å²) in [6.45, 7) is 3.92. The van der Waals surface area contributed by atoms with E-state index in [0.717, 1.165) is 11.1 Å². The van der Waals surface area contributed by atoms with Crippen LogP contribution in [0.4, 0.5) is 0 Å². The lowest BCUT2D eigenvalue weighted by Crippen LogP contribution is -2.51. The first-order chi connectivity index (χ1) is 17.0. The number of amides is 2. The fourth-order valence-electron chi connectivity index (χ4n) is 3.56. The van der Waals surface area contributed by atoms with Crippen LogP contribution in [0, 0.1) is 0 Å². The Bertz CT molecular complexity index is 1120. The van der Waals surface area contributed by atoms with Gasteiger partial charge in [-0.25, -0.2) is 0 Å². The molecule has 3 aromatic rings. The largest absolute Gasteiger partial charge is 0.497 e. The molecule has 7 heteroatoms. The number of benzene rings is 3. The Labute approximate surface area is 211 Å². The zero-order valence-corrected chi connectivity index (χ0v) is 20.4. The van der Waals surface area contributed by atoms with Crippen molar-refractivity contribution in [3.8, 4) is 11.5 Å². The van der Waals surface area contributed by atoms with E-state index in [-0.39, 0.29) is 25.0 Å². The lowest BCUT2D eigenvalue weighted by molar-refractivity contribution is -0.142. The quantitative estimate of drug-likeness (QED) is 0.373. The van der Waals surface area contributed by atoms with Crippen LogP contribution in [-0.4, -0.2) is 43.0 Å². The second kappa shape index (κ2) is 13.2. The van der Waals surface area contributed by atoms with Crippen molar-refractivity contribution >= 4 is 23.4 Å². The van der Waals surface area contributed by atoms with E-state index >= 15 is 0 Å². The van der Waals surface area contributed by atoms with E-state index in [0.29, 0.717) is 29.5 Å². The van der Waals surface area contributed by atoms with E-state index in [9.17, 15) is 9.59 Å². The van der Waals surface area contributed by atoms with Crippen molar-refractivity contribution in [3.05, 3.63) is 108 Å². The first-order valence-corrected chi connectivity index (χ1v) is 11.6. The van der Waals surface area contributed by atoms with Crippen molar-refractivity contribution in [2.75, 3.05) is 20.3 Å². The predicted molar refractivity (Wildman–Crippen MR) is 138 cm³/mol. The molecule has 0 radical (unpaired) electrons. The van der Waals surface area contributed by atoms with Gasteiger partial charge in [-0.15, -0.1) is 6.58 Å². The molecule has 2 amide bonds. The van der Waals surface area contributed by atoms with Crippen LogP contribution in [0.15, 0.2) is 91.5 Å². The third-order valence-electron chi connectivity index (χ3n) is 5.39. The maximum absolute atomic E-state index is 13.5. The molecule has 0 unspecified atom stereocenters. The van der Waals surface area contributed by atoms with Crippen LogP contribution in [0.3, 0.4) is 0 Å². The van der Waals surface area contributed by atoms with Gasteiger partial charge in [-0.05, 0) is 35.4 Å². The molecule has 0 saturated carbocycles. The number of ether oxygens (including phenoxy) is 2. The number of nitrogens with zero attached hydrogens (tertiary/aromatic N) is 1. The number of carbonyl (C=O) groups is 2. The van der Waals surface area contributed by atoms with Crippen molar-refractivity contribution in [3.63, 3.8) is 0 Å². The van der Waals surface area contributed by atoms with Gasteiger partial charge in [0.1, 0.15) is 17.5 Å². The van der Waals surface area contributed by atoms with Crippen LogP contribution in [0.2, 0.25) is 5.02 Å². The number of hydrogen-bond acceptors (Lipinski definition) is 4. The van der Waals surface area contributed by atoms with Gasteiger partial charge in [-0.2, -0.15) is 0 Å². The Hall–Kier alpha value is -3.77. The standard InChI is InChI=1S/C28H29ClN2O4/c1-3-17-30-28(33)25(18-21-9-5-4-6-10-21)31(19-22-13-15-23(34-2)16-14-22)27(32)20-35-26-12-8-7-11-24(26)29/h3-16,25H,1,17-20H2,2H3,(H,30,33)/t25-/m1/s1. The van der Waals surface area contributed by atoms with Gasteiger partial charge in [0.25, 0.3) is 5.91 Å². The van der Waals surface area contributed by atoms with Gasteiger partial charge in [0.2, 0.25) is 5.91 Å². The van der Waals surface area contributed by atoms with Gasteiger partial charge in [0.05, 0.1) is 12.1 Å². The molecule has 0 aromatic heterocycles. The summed E-state index contributed by atoms with van der Waals surface area (Å²) < 4.78 is 11.0. The molecule has 0 aliphatic carbocycles. The number of nitrogens with one attached hydrogen (secondary N) is 1. The van der Waals surface area contributed by atoms with E-state index in [1.54, 1.807) is 42.4 Å². The van der Waals surface area contributed by atoms with Gasteiger partial charge < -0.3 is 19.7 Å². The van der Waals surface area contributed by atoms with Crippen LogP contribution < -0.4 is 14.8 Å². The summed E-state index contributed by atoms with van der Waals surface area (Å²) in [7, 11) is 1.59. The summed E-state index contributed by atoms with van der Waals surface area (Å²) in [5.41, 5.74) is 1.79. The topological polar surface area (TPSA) is 67.9 Å². The van der Waals surface area contributed by atoms with E-state index in [1.807, 2.05) is 54.6 Å². The molecule has 35 heavy (non-hydrogen) atoms. The molecule has 3 aromatic carbocycles. The van der Waals surface area contributed by atoms with E-state index < -0.39 is 6.04 Å². The Morgan fingerprint density at radius 1 is 1.00 bits per heavy atom. The molecule has 0 spiro atoms.